The Kier molecular flexibility index (Phi) is 5.31. The lowest BCUT2D eigenvalue weighted by Gasteiger charge is -2.27. The summed E-state index contributed by atoms with van der Waals surface area (Å²) in [6.45, 7) is 5.25. The normalized spacial score (nSPS) is 13.4. The van der Waals surface area contributed by atoms with Gasteiger partial charge in [0.1, 0.15) is 0 Å². The first-order valence-corrected chi connectivity index (χ1v) is 7.66. The largest absolute Gasteiger partial charge is 0.462 e. The zero-order valence-corrected chi connectivity index (χ0v) is 14.5. The molecule has 0 saturated carbocycles. The molecule has 0 fully saturated rings. The highest BCUT2D eigenvalue weighted by atomic mass is 19.4. The average molecular weight is 395 g/mol. The number of nitrogens with one attached hydrogen (secondary N) is 1. The van der Waals surface area contributed by atoms with Gasteiger partial charge in [0.2, 0.25) is 0 Å². The predicted octanol–water partition coefficient (Wildman–Crippen LogP) is 5.12. The molecule has 0 aliphatic rings. The smallest absolute Gasteiger partial charge is 0.318 e. The fourth-order valence-corrected chi connectivity index (χ4v) is 2.51. The summed E-state index contributed by atoms with van der Waals surface area (Å²) in [5.41, 5.74) is 3.91. The van der Waals surface area contributed by atoms with Gasteiger partial charge in [0, 0.05) is 22.6 Å². The van der Waals surface area contributed by atoms with Crippen molar-refractivity contribution in [2.24, 2.45) is 5.10 Å². The maximum absolute atomic E-state index is 13.2. The average Bonchev–Trinajstić information content (AvgIpc) is 2.80. The van der Waals surface area contributed by atoms with Crippen LogP contribution in [0.2, 0.25) is 0 Å². The van der Waals surface area contributed by atoms with Gasteiger partial charge in [0.25, 0.3) is 0 Å². The van der Waals surface area contributed by atoms with Gasteiger partial charge in [-0.15, -0.1) is 0 Å². The molecule has 10 heteroatoms. The van der Waals surface area contributed by atoms with Gasteiger partial charge >= 0.3 is 18.1 Å². The molecule has 27 heavy (non-hydrogen) atoms. The summed E-state index contributed by atoms with van der Waals surface area (Å²) >= 11 is 0. The molecule has 0 spiro atoms. The third-order valence-electron chi connectivity index (χ3n) is 3.89. The quantitative estimate of drug-likeness (QED) is 0.324. The van der Waals surface area contributed by atoms with E-state index in [0.29, 0.717) is 16.8 Å². The molecule has 0 aliphatic carbocycles. The number of aromatic nitrogens is 1. The highest BCUT2D eigenvalue weighted by molar-refractivity contribution is 5.82. The van der Waals surface area contributed by atoms with Crippen LogP contribution in [0.3, 0.4) is 0 Å². The Balaban J connectivity index is 2.28. The van der Waals surface area contributed by atoms with Gasteiger partial charge in [0.15, 0.2) is 0 Å². The van der Waals surface area contributed by atoms with Crippen LogP contribution in [-0.2, 0) is 0 Å². The molecule has 148 valence electrons. The second-order valence-electron chi connectivity index (χ2n) is 6.02. The molecule has 0 amide bonds. The number of rotatable bonds is 5. The van der Waals surface area contributed by atoms with Crippen LogP contribution in [0.1, 0.15) is 22.5 Å². The van der Waals surface area contributed by atoms with E-state index in [-0.39, 0.29) is 5.56 Å². The standard InChI is InChI=1S/C17H16F7N3/c1-10-5-4-6-14(7-10)27-11(2)8-13(12(27)3)9-25-26-17(23,24)15(18,19)16(20,21)22/h4-9,26H,1-3H3/b25-9+. The Morgan fingerprint density at radius 1 is 0.963 bits per heavy atom. The Morgan fingerprint density at radius 3 is 2.15 bits per heavy atom. The minimum absolute atomic E-state index is 0.285. The zero-order chi connectivity index (χ0) is 20.6. The fourth-order valence-electron chi connectivity index (χ4n) is 2.51. The minimum Gasteiger partial charge on any atom is -0.318 e. The SMILES string of the molecule is Cc1cccc(-n2c(C)cc(/C=N/NC(F)(F)C(F)(F)C(F)(F)F)c2C)c1. The van der Waals surface area contributed by atoms with Gasteiger partial charge in [0.05, 0.1) is 6.21 Å². The molecule has 1 N–H and O–H groups in total. The molecule has 1 aromatic heterocycles. The van der Waals surface area contributed by atoms with E-state index < -0.39 is 18.1 Å². The second kappa shape index (κ2) is 6.90. The molecule has 0 unspecified atom stereocenters. The van der Waals surface area contributed by atoms with E-state index in [4.69, 9.17) is 0 Å². The first-order chi connectivity index (χ1) is 12.3. The molecule has 3 nitrogen and oxygen atoms in total. The van der Waals surface area contributed by atoms with E-state index in [1.807, 2.05) is 31.2 Å². The van der Waals surface area contributed by atoms with E-state index >= 15 is 0 Å². The maximum atomic E-state index is 13.2. The van der Waals surface area contributed by atoms with Crippen LogP contribution < -0.4 is 5.43 Å². The minimum atomic E-state index is -6.42. The number of alkyl halides is 7. The number of halogens is 7. The molecule has 1 heterocycles. The topological polar surface area (TPSA) is 29.3 Å². The summed E-state index contributed by atoms with van der Waals surface area (Å²) in [7, 11) is 0. The lowest BCUT2D eigenvalue weighted by atomic mass is 10.2. The second-order valence-corrected chi connectivity index (χ2v) is 6.02. The molecule has 0 saturated heterocycles. The Hall–Kier alpha value is -2.52. The summed E-state index contributed by atoms with van der Waals surface area (Å²) in [6, 6.07) is 3.33. The van der Waals surface area contributed by atoms with Crippen LogP contribution in [0, 0.1) is 20.8 Å². The predicted molar refractivity (Wildman–Crippen MR) is 86.7 cm³/mol. The van der Waals surface area contributed by atoms with Crippen molar-refractivity contribution in [1.29, 1.82) is 0 Å². The lowest BCUT2D eigenvalue weighted by molar-refractivity contribution is -0.361. The molecular formula is C17H16F7N3. The van der Waals surface area contributed by atoms with Gasteiger partial charge in [-0.3, -0.25) is 0 Å². The Morgan fingerprint density at radius 2 is 1.59 bits per heavy atom. The third-order valence-corrected chi connectivity index (χ3v) is 3.89. The van der Waals surface area contributed by atoms with Crippen molar-refractivity contribution in [3.63, 3.8) is 0 Å². The zero-order valence-electron chi connectivity index (χ0n) is 14.5. The summed E-state index contributed by atoms with van der Waals surface area (Å²) < 4.78 is 90.1. The van der Waals surface area contributed by atoms with Crippen LogP contribution in [0.4, 0.5) is 30.7 Å². The maximum Gasteiger partial charge on any atom is 0.462 e. The summed E-state index contributed by atoms with van der Waals surface area (Å²) in [4.78, 5) is 0. The van der Waals surface area contributed by atoms with Gasteiger partial charge in [-0.2, -0.15) is 35.8 Å². The van der Waals surface area contributed by atoms with Crippen LogP contribution in [0.15, 0.2) is 35.4 Å². The number of hydrazone groups is 1. The molecule has 2 rings (SSSR count). The van der Waals surface area contributed by atoms with Crippen LogP contribution in [0.25, 0.3) is 5.69 Å². The van der Waals surface area contributed by atoms with Crippen molar-refractivity contribution in [3.05, 3.63) is 52.8 Å². The van der Waals surface area contributed by atoms with Crippen LogP contribution in [0.5, 0.6) is 0 Å². The number of benzene rings is 1. The highest BCUT2D eigenvalue weighted by Gasteiger charge is 2.73. The van der Waals surface area contributed by atoms with Gasteiger partial charge in [-0.25, -0.2) is 5.43 Å². The van der Waals surface area contributed by atoms with E-state index in [9.17, 15) is 30.7 Å². The highest BCUT2D eigenvalue weighted by Crippen LogP contribution is 2.45. The van der Waals surface area contributed by atoms with E-state index in [0.717, 1.165) is 17.5 Å². The fraction of sp³-hybridized carbons (Fsp3) is 0.353. The van der Waals surface area contributed by atoms with E-state index in [2.05, 4.69) is 5.10 Å². The molecular weight excluding hydrogens is 379 g/mol. The van der Waals surface area contributed by atoms with Crippen LogP contribution in [-0.4, -0.2) is 28.9 Å². The van der Waals surface area contributed by atoms with Crippen molar-refractivity contribution in [2.45, 2.75) is 38.9 Å². The first-order valence-electron chi connectivity index (χ1n) is 7.66. The van der Waals surface area contributed by atoms with Gasteiger partial charge < -0.3 is 4.57 Å². The number of hydrogen-bond donors (Lipinski definition) is 1. The molecule has 0 radical (unpaired) electrons. The number of hydrogen-bond acceptors (Lipinski definition) is 2. The summed E-state index contributed by atoms with van der Waals surface area (Å²) in [5, 5.41) is 2.90. The lowest BCUT2D eigenvalue weighted by Crippen LogP contribution is -2.58. The van der Waals surface area contributed by atoms with Crippen LogP contribution >= 0.6 is 0 Å². The summed E-state index contributed by atoms with van der Waals surface area (Å²) in [6.07, 6.45) is -5.64. The summed E-state index contributed by atoms with van der Waals surface area (Å²) in [5.74, 6) is -6.27. The molecule has 0 atom stereocenters. The Labute approximate surface area is 150 Å². The molecule has 2 aromatic rings. The van der Waals surface area contributed by atoms with Gasteiger partial charge in [-0.1, -0.05) is 12.1 Å². The first kappa shape index (κ1) is 20.8. The number of aryl methyl sites for hydroxylation is 2. The van der Waals surface area contributed by atoms with Gasteiger partial charge in [-0.05, 0) is 44.5 Å². The van der Waals surface area contributed by atoms with Crippen molar-refractivity contribution >= 4 is 6.21 Å². The molecule has 1 aromatic carbocycles. The van der Waals surface area contributed by atoms with E-state index in [1.54, 1.807) is 24.5 Å². The van der Waals surface area contributed by atoms with Crippen molar-refractivity contribution in [2.75, 3.05) is 0 Å². The number of nitrogens with zero attached hydrogens (tertiary/aromatic N) is 2. The molecule has 0 bridgehead atoms. The molecule has 0 aliphatic heterocycles. The van der Waals surface area contributed by atoms with Crippen molar-refractivity contribution in [3.8, 4) is 5.69 Å². The third kappa shape index (κ3) is 3.93. The van der Waals surface area contributed by atoms with Crippen molar-refractivity contribution in [1.82, 2.24) is 9.99 Å². The van der Waals surface area contributed by atoms with E-state index in [1.165, 1.54) is 0 Å². The monoisotopic (exact) mass is 395 g/mol. The Bertz CT molecular complexity index is 851. The van der Waals surface area contributed by atoms with Crippen molar-refractivity contribution < 1.29 is 30.7 Å².